The molecule has 3 rings (SSSR count). The van der Waals surface area contributed by atoms with E-state index in [1.807, 2.05) is 30.3 Å². The molecule has 0 aliphatic carbocycles. The smallest absolute Gasteiger partial charge is 0.205 e. The number of aromatic nitrogens is 1. The van der Waals surface area contributed by atoms with Crippen molar-refractivity contribution in [3.05, 3.63) is 65.4 Å². The van der Waals surface area contributed by atoms with Crippen LogP contribution in [0.5, 0.6) is 11.5 Å². The van der Waals surface area contributed by atoms with E-state index in [9.17, 15) is 10.1 Å². The number of methoxy groups -OCH3 is 2. The third kappa shape index (κ3) is 3.10. The molecule has 0 spiro atoms. The topological polar surface area (TPSA) is 75.1 Å². The second kappa shape index (κ2) is 6.93. The van der Waals surface area contributed by atoms with Gasteiger partial charge in [0.25, 0.3) is 0 Å². The molecule has 2 aromatic carbocycles. The van der Waals surface area contributed by atoms with E-state index < -0.39 is 0 Å². The SMILES string of the molecule is COc1ccc(/C=C(\C#N)C(=O)c2c[nH]c3ccccc23)c(OC)c1. The lowest BCUT2D eigenvalue weighted by atomic mass is 10.0. The number of para-hydroxylation sites is 1. The summed E-state index contributed by atoms with van der Waals surface area (Å²) in [5.74, 6) is 0.826. The van der Waals surface area contributed by atoms with E-state index >= 15 is 0 Å². The zero-order chi connectivity index (χ0) is 17.8. The van der Waals surface area contributed by atoms with Gasteiger partial charge in [0.2, 0.25) is 5.78 Å². The first-order chi connectivity index (χ1) is 12.2. The largest absolute Gasteiger partial charge is 0.497 e. The number of ether oxygens (including phenoxy) is 2. The quantitative estimate of drug-likeness (QED) is 0.436. The number of ketones is 1. The molecule has 0 saturated heterocycles. The van der Waals surface area contributed by atoms with Crippen LogP contribution in [0.4, 0.5) is 0 Å². The standard InChI is InChI=1S/C20H16N2O3/c1-24-15-8-7-13(19(10-15)25-2)9-14(11-21)20(23)17-12-22-18-6-4-3-5-16(17)18/h3-10,12,22H,1-2H3/b14-9+. The third-order valence-electron chi connectivity index (χ3n) is 3.94. The van der Waals surface area contributed by atoms with Gasteiger partial charge in [-0.25, -0.2) is 0 Å². The van der Waals surface area contributed by atoms with Gasteiger partial charge in [-0.05, 0) is 24.3 Å². The Morgan fingerprint density at radius 2 is 1.96 bits per heavy atom. The Morgan fingerprint density at radius 3 is 2.68 bits per heavy atom. The molecule has 0 saturated carbocycles. The van der Waals surface area contributed by atoms with Gasteiger partial charge in [-0.1, -0.05) is 18.2 Å². The van der Waals surface area contributed by atoms with Crippen LogP contribution in [0.15, 0.2) is 54.2 Å². The average molecular weight is 332 g/mol. The molecule has 5 nitrogen and oxygen atoms in total. The van der Waals surface area contributed by atoms with Crippen molar-refractivity contribution >= 4 is 22.8 Å². The van der Waals surface area contributed by atoms with Gasteiger partial charge in [-0.3, -0.25) is 4.79 Å². The predicted octanol–water partition coefficient (Wildman–Crippen LogP) is 3.97. The number of fused-ring (bicyclic) bond motifs is 1. The number of H-pyrrole nitrogens is 1. The number of rotatable bonds is 5. The second-order valence-corrected chi connectivity index (χ2v) is 5.35. The molecular formula is C20H16N2O3. The molecule has 1 aromatic heterocycles. The molecule has 124 valence electrons. The third-order valence-corrected chi connectivity index (χ3v) is 3.94. The average Bonchev–Trinajstić information content (AvgIpc) is 3.09. The molecule has 1 heterocycles. The van der Waals surface area contributed by atoms with Crippen LogP contribution in [0, 0.1) is 11.3 Å². The molecular weight excluding hydrogens is 316 g/mol. The highest BCUT2D eigenvalue weighted by molar-refractivity contribution is 6.19. The van der Waals surface area contributed by atoms with Gasteiger partial charge in [0.1, 0.15) is 23.1 Å². The number of hydrogen-bond acceptors (Lipinski definition) is 4. The number of aromatic amines is 1. The van der Waals surface area contributed by atoms with Crippen LogP contribution in [-0.2, 0) is 0 Å². The summed E-state index contributed by atoms with van der Waals surface area (Å²) in [5, 5.41) is 10.3. The van der Waals surface area contributed by atoms with E-state index in [0.29, 0.717) is 22.6 Å². The van der Waals surface area contributed by atoms with Crippen molar-refractivity contribution in [2.24, 2.45) is 0 Å². The van der Waals surface area contributed by atoms with Crippen molar-refractivity contribution in [2.75, 3.05) is 14.2 Å². The maximum absolute atomic E-state index is 12.8. The summed E-state index contributed by atoms with van der Waals surface area (Å²) in [6.45, 7) is 0. The maximum atomic E-state index is 12.8. The van der Waals surface area contributed by atoms with Crippen LogP contribution in [0.25, 0.3) is 17.0 Å². The number of carbonyl (C=O) groups is 1. The Hall–Kier alpha value is -3.52. The fourth-order valence-corrected chi connectivity index (χ4v) is 2.65. The van der Waals surface area contributed by atoms with Crippen LogP contribution < -0.4 is 9.47 Å². The minimum atomic E-state index is -0.335. The Morgan fingerprint density at radius 1 is 1.16 bits per heavy atom. The summed E-state index contributed by atoms with van der Waals surface area (Å²) in [6, 6.07) is 14.7. The maximum Gasteiger partial charge on any atom is 0.205 e. The van der Waals surface area contributed by atoms with Gasteiger partial charge in [0, 0.05) is 34.3 Å². The number of carbonyl (C=O) groups excluding carboxylic acids is 1. The highest BCUT2D eigenvalue weighted by Crippen LogP contribution is 2.28. The molecule has 0 aliphatic heterocycles. The Kier molecular flexibility index (Phi) is 4.53. The molecule has 0 amide bonds. The summed E-state index contributed by atoms with van der Waals surface area (Å²) >= 11 is 0. The van der Waals surface area contributed by atoms with Crippen LogP contribution in [-0.4, -0.2) is 25.0 Å². The minimum Gasteiger partial charge on any atom is -0.497 e. The van der Waals surface area contributed by atoms with Crippen LogP contribution in [0.3, 0.4) is 0 Å². The number of Topliss-reactive ketones (excluding diaryl/α,β-unsaturated/α-hetero) is 1. The monoisotopic (exact) mass is 332 g/mol. The second-order valence-electron chi connectivity index (χ2n) is 5.35. The predicted molar refractivity (Wildman–Crippen MR) is 95.8 cm³/mol. The van der Waals surface area contributed by atoms with E-state index in [0.717, 1.165) is 10.9 Å². The summed E-state index contributed by atoms with van der Waals surface area (Å²) in [4.78, 5) is 15.9. The molecule has 3 aromatic rings. The fraction of sp³-hybridized carbons (Fsp3) is 0.100. The molecule has 1 N–H and O–H groups in total. The van der Waals surface area contributed by atoms with E-state index in [-0.39, 0.29) is 11.4 Å². The number of nitrogens with one attached hydrogen (secondary N) is 1. The van der Waals surface area contributed by atoms with Crippen molar-refractivity contribution in [1.82, 2.24) is 4.98 Å². The highest BCUT2D eigenvalue weighted by Gasteiger charge is 2.17. The molecule has 0 radical (unpaired) electrons. The molecule has 0 unspecified atom stereocenters. The van der Waals surface area contributed by atoms with Crippen molar-refractivity contribution < 1.29 is 14.3 Å². The Bertz CT molecular complexity index is 1010. The van der Waals surface area contributed by atoms with Gasteiger partial charge in [0.15, 0.2) is 0 Å². The van der Waals surface area contributed by atoms with E-state index in [1.54, 1.807) is 31.5 Å². The zero-order valence-electron chi connectivity index (χ0n) is 13.9. The number of allylic oxidation sites excluding steroid dienone is 1. The minimum absolute atomic E-state index is 0.0354. The lowest BCUT2D eigenvalue weighted by Crippen LogP contribution is -2.01. The summed E-state index contributed by atoms with van der Waals surface area (Å²) in [6.07, 6.45) is 3.16. The van der Waals surface area contributed by atoms with Gasteiger partial charge in [0.05, 0.1) is 14.2 Å². The van der Waals surface area contributed by atoms with Gasteiger partial charge in [-0.15, -0.1) is 0 Å². The summed E-state index contributed by atoms with van der Waals surface area (Å²) < 4.78 is 10.5. The lowest BCUT2D eigenvalue weighted by molar-refractivity contribution is 0.104. The summed E-state index contributed by atoms with van der Waals surface area (Å²) in [5.41, 5.74) is 1.99. The number of nitrogens with zero attached hydrogens (tertiary/aromatic N) is 1. The molecule has 25 heavy (non-hydrogen) atoms. The molecule has 5 heteroatoms. The first kappa shape index (κ1) is 16.3. The number of hydrogen-bond donors (Lipinski definition) is 1. The molecule has 0 bridgehead atoms. The van der Waals surface area contributed by atoms with Crippen LogP contribution in [0.1, 0.15) is 15.9 Å². The van der Waals surface area contributed by atoms with E-state index in [2.05, 4.69) is 4.98 Å². The van der Waals surface area contributed by atoms with Crippen molar-refractivity contribution in [3.63, 3.8) is 0 Å². The fourth-order valence-electron chi connectivity index (χ4n) is 2.65. The lowest BCUT2D eigenvalue weighted by Gasteiger charge is -2.08. The van der Waals surface area contributed by atoms with Crippen molar-refractivity contribution in [2.45, 2.75) is 0 Å². The normalized spacial score (nSPS) is 11.2. The first-order valence-electron chi connectivity index (χ1n) is 7.62. The molecule has 0 aliphatic rings. The van der Waals surface area contributed by atoms with E-state index in [1.165, 1.54) is 13.2 Å². The van der Waals surface area contributed by atoms with Gasteiger partial charge < -0.3 is 14.5 Å². The molecule has 0 atom stereocenters. The number of nitriles is 1. The zero-order valence-corrected chi connectivity index (χ0v) is 13.9. The first-order valence-corrected chi connectivity index (χ1v) is 7.62. The van der Waals surface area contributed by atoms with E-state index in [4.69, 9.17) is 9.47 Å². The molecule has 0 fully saturated rings. The Labute approximate surface area is 145 Å². The number of benzene rings is 2. The van der Waals surface area contributed by atoms with Crippen LogP contribution >= 0.6 is 0 Å². The highest BCUT2D eigenvalue weighted by atomic mass is 16.5. The van der Waals surface area contributed by atoms with Crippen molar-refractivity contribution in [1.29, 1.82) is 5.26 Å². The van der Waals surface area contributed by atoms with Crippen molar-refractivity contribution in [3.8, 4) is 17.6 Å². The van der Waals surface area contributed by atoms with Gasteiger partial charge >= 0.3 is 0 Å². The Balaban J connectivity index is 2.04. The van der Waals surface area contributed by atoms with Gasteiger partial charge in [-0.2, -0.15) is 5.26 Å². The van der Waals surface area contributed by atoms with Crippen LogP contribution in [0.2, 0.25) is 0 Å². The summed E-state index contributed by atoms with van der Waals surface area (Å²) in [7, 11) is 3.09.